The zero-order chi connectivity index (χ0) is 18.5. The lowest BCUT2D eigenvalue weighted by molar-refractivity contribution is -0.138. The summed E-state index contributed by atoms with van der Waals surface area (Å²) in [6.45, 7) is 0.648. The first-order valence-corrected chi connectivity index (χ1v) is 10.5. The molecule has 2 bridgehead atoms. The molecule has 3 aliphatic rings. The monoisotopic (exact) mass is 384 g/mol. The van der Waals surface area contributed by atoms with Gasteiger partial charge in [-0.05, 0) is 43.2 Å². The molecule has 26 heavy (non-hydrogen) atoms. The van der Waals surface area contributed by atoms with Crippen molar-refractivity contribution in [3.63, 3.8) is 0 Å². The molecule has 0 radical (unpaired) electrons. The molecule has 1 aromatic carbocycles. The van der Waals surface area contributed by atoms with E-state index in [2.05, 4.69) is 0 Å². The number of hydrogen-bond donors (Lipinski definition) is 0. The fourth-order valence-corrected chi connectivity index (χ4v) is 6.32. The van der Waals surface area contributed by atoms with E-state index in [0.29, 0.717) is 11.8 Å². The van der Waals surface area contributed by atoms with Crippen molar-refractivity contribution < 1.29 is 22.0 Å². The van der Waals surface area contributed by atoms with Gasteiger partial charge in [-0.3, -0.25) is 4.79 Å². The highest BCUT2D eigenvalue weighted by Crippen LogP contribution is 2.48. The SMILES string of the molecule is O=C(C1CC2CCC1C2)N1CCN(S(=O)(=O)c2c(F)cccc2F)CC1. The van der Waals surface area contributed by atoms with Crippen molar-refractivity contribution >= 4 is 15.9 Å². The first-order chi connectivity index (χ1) is 12.4. The number of nitrogens with zero attached hydrogens (tertiary/aromatic N) is 2. The van der Waals surface area contributed by atoms with E-state index in [-0.39, 0.29) is 38.0 Å². The van der Waals surface area contributed by atoms with E-state index in [1.54, 1.807) is 4.90 Å². The number of hydrogen-bond acceptors (Lipinski definition) is 3. The number of benzene rings is 1. The van der Waals surface area contributed by atoms with Gasteiger partial charge in [0.25, 0.3) is 0 Å². The van der Waals surface area contributed by atoms with E-state index in [1.165, 1.54) is 6.42 Å². The van der Waals surface area contributed by atoms with Gasteiger partial charge in [0.15, 0.2) is 4.90 Å². The Morgan fingerprint density at radius 2 is 1.65 bits per heavy atom. The number of sulfonamides is 1. The summed E-state index contributed by atoms with van der Waals surface area (Å²) in [6, 6.07) is 3.01. The third-order valence-corrected chi connectivity index (χ3v) is 8.07. The quantitative estimate of drug-likeness (QED) is 0.803. The molecule has 1 amide bonds. The molecule has 3 atom stereocenters. The minimum Gasteiger partial charge on any atom is -0.340 e. The van der Waals surface area contributed by atoms with Crippen LogP contribution in [0.3, 0.4) is 0 Å². The molecule has 8 heteroatoms. The van der Waals surface area contributed by atoms with Crippen LogP contribution in [0.5, 0.6) is 0 Å². The first kappa shape index (κ1) is 17.9. The predicted octanol–water partition coefficient (Wildman–Crippen LogP) is 2.23. The number of carbonyl (C=O) groups is 1. The molecule has 0 N–H and O–H groups in total. The predicted molar refractivity (Wildman–Crippen MR) is 90.6 cm³/mol. The Bertz CT molecular complexity index is 801. The molecular formula is C18H22F2N2O3S. The molecule has 1 saturated heterocycles. The second-order valence-corrected chi connectivity index (χ2v) is 9.44. The van der Waals surface area contributed by atoms with E-state index in [4.69, 9.17) is 0 Å². The van der Waals surface area contributed by atoms with E-state index in [0.717, 1.165) is 41.8 Å². The lowest BCUT2D eigenvalue weighted by Gasteiger charge is -2.36. The smallest absolute Gasteiger partial charge is 0.249 e. The van der Waals surface area contributed by atoms with Crippen molar-refractivity contribution in [2.75, 3.05) is 26.2 Å². The number of amides is 1. The van der Waals surface area contributed by atoms with E-state index in [9.17, 15) is 22.0 Å². The lowest BCUT2D eigenvalue weighted by Crippen LogP contribution is -2.52. The average Bonchev–Trinajstić information content (AvgIpc) is 3.24. The maximum Gasteiger partial charge on any atom is 0.249 e. The molecule has 142 valence electrons. The summed E-state index contributed by atoms with van der Waals surface area (Å²) in [6.07, 6.45) is 4.41. The van der Waals surface area contributed by atoms with E-state index < -0.39 is 26.6 Å². The van der Waals surface area contributed by atoms with Gasteiger partial charge in [0.05, 0.1) is 0 Å². The molecule has 3 unspecified atom stereocenters. The molecule has 1 heterocycles. The topological polar surface area (TPSA) is 57.7 Å². The number of fused-ring (bicyclic) bond motifs is 2. The van der Waals surface area contributed by atoms with Crippen LogP contribution in [0, 0.1) is 29.4 Å². The van der Waals surface area contributed by atoms with Gasteiger partial charge in [-0.25, -0.2) is 17.2 Å². The molecule has 1 aromatic rings. The molecule has 2 saturated carbocycles. The Morgan fingerprint density at radius 3 is 2.19 bits per heavy atom. The third-order valence-electron chi connectivity index (χ3n) is 6.12. The summed E-state index contributed by atoms with van der Waals surface area (Å²) >= 11 is 0. The van der Waals surface area contributed by atoms with E-state index >= 15 is 0 Å². The molecule has 3 fully saturated rings. The largest absolute Gasteiger partial charge is 0.340 e. The van der Waals surface area contributed by atoms with Crippen molar-refractivity contribution in [3.8, 4) is 0 Å². The van der Waals surface area contributed by atoms with Crippen LogP contribution < -0.4 is 0 Å². The van der Waals surface area contributed by atoms with Crippen molar-refractivity contribution in [2.24, 2.45) is 17.8 Å². The van der Waals surface area contributed by atoms with Gasteiger partial charge in [0.2, 0.25) is 15.9 Å². The van der Waals surface area contributed by atoms with Crippen LogP contribution >= 0.6 is 0 Å². The van der Waals surface area contributed by atoms with Crippen LogP contribution in [0.2, 0.25) is 0 Å². The highest BCUT2D eigenvalue weighted by molar-refractivity contribution is 7.89. The van der Waals surface area contributed by atoms with Gasteiger partial charge in [-0.1, -0.05) is 12.5 Å². The third kappa shape index (κ3) is 2.93. The Labute approximate surface area is 152 Å². The summed E-state index contributed by atoms with van der Waals surface area (Å²) in [5.41, 5.74) is 0. The number of carbonyl (C=O) groups excluding carboxylic acids is 1. The Hall–Kier alpha value is -1.54. The Balaban J connectivity index is 1.44. The Kier molecular flexibility index (Phi) is 4.51. The zero-order valence-electron chi connectivity index (χ0n) is 14.4. The van der Waals surface area contributed by atoms with Gasteiger partial charge in [-0.15, -0.1) is 0 Å². The number of rotatable bonds is 3. The molecule has 1 aliphatic heterocycles. The summed E-state index contributed by atoms with van der Waals surface area (Å²) in [5, 5.41) is 0. The maximum absolute atomic E-state index is 13.9. The minimum absolute atomic E-state index is 0.0582. The van der Waals surface area contributed by atoms with Gasteiger partial charge < -0.3 is 4.90 Å². The maximum atomic E-state index is 13.9. The first-order valence-electron chi connectivity index (χ1n) is 9.11. The standard InChI is InChI=1S/C18H22F2N2O3S/c19-15-2-1-3-16(20)17(15)26(24,25)22-8-6-21(7-9-22)18(23)14-11-12-4-5-13(14)10-12/h1-3,12-14H,4-11H2. The van der Waals surface area contributed by atoms with Gasteiger partial charge in [-0.2, -0.15) is 4.31 Å². The number of halogens is 2. The van der Waals surface area contributed by atoms with Gasteiger partial charge >= 0.3 is 0 Å². The van der Waals surface area contributed by atoms with Crippen molar-refractivity contribution in [3.05, 3.63) is 29.8 Å². The van der Waals surface area contributed by atoms with Gasteiger partial charge in [0.1, 0.15) is 11.6 Å². The van der Waals surface area contributed by atoms with Crippen molar-refractivity contribution in [2.45, 2.75) is 30.6 Å². The fourth-order valence-electron chi connectivity index (χ4n) is 4.79. The molecule has 4 rings (SSSR count). The molecule has 0 aromatic heterocycles. The van der Waals surface area contributed by atoms with Crippen LogP contribution in [0.15, 0.2) is 23.1 Å². The van der Waals surface area contributed by atoms with Crippen LogP contribution in [0.1, 0.15) is 25.7 Å². The molecule has 2 aliphatic carbocycles. The second kappa shape index (κ2) is 6.56. The fraction of sp³-hybridized carbons (Fsp3) is 0.611. The van der Waals surface area contributed by atoms with Gasteiger partial charge in [0, 0.05) is 32.1 Å². The molecular weight excluding hydrogens is 362 g/mol. The van der Waals surface area contributed by atoms with Crippen LogP contribution in [-0.4, -0.2) is 49.7 Å². The second-order valence-electron chi connectivity index (χ2n) is 7.56. The lowest BCUT2D eigenvalue weighted by atomic mass is 9.87. The summed E-state index contributed by atoms with van der Waals surface area (Å²) < 4.78 is 54.1. The highest BCUT2D eigenvalue weighted by Gasteiger charge is 2.45. The highest BCUT2D eigenvalue weighted by atomic mass is 32.2. The van der Waals surface area contributed by atoms with Crippen LogP contribution in [-0.2, 0) is 14.8 Å². The minimum atomic E-state index is -4.25. The van der Waals surface area contributed by atoms with E-state index in [1.807, 2.05) is 0 Å². The summed E-state index contributed by atoms with van der Waals surface area (Å²) in [5.74, 6) is -0.857. The zero-order valence-corrected chi connectivity index (χ0v) is 15.2. The van der Waals surface area contributed by atoms with Crippen LogP contribution in [0.25, 0.3) is 0 Å². The Morgan fingerprint density at radius 1 is 1.00 bits per heavy atom. The average molecular weight is 384 g/mol. The van der Waals surface area contributed by atoms with Crippen molar-refractivity contribution in [1.82, 2.24) is 9.21 Å². The number of piperazine rings is 1. The summed E-state index contributed by atoms with van der Waals surface area (Å²) in [7, 11) is -4.25. The van der Waals surface area contributed by atoms with Crippen LogP contribution in [0.4, 0.5) is 8.78 Å². The normalized spacial score (nSPS) is 29.3. The van der Waals surface area contributed by atoms with Crippen molar-refractivity contribution in [1.29, 1.82) is 0 Å². The summed E-state index contributed by atoms with van der Waals surface area (Å²) in [4.78, 5) is 13.6. The molecule has 5 nitrogen and oxygen atoms in total. The molecule has 0 spiro atoms.